The summed E-state index contributed by atoms with van der Waals surface area (Å²) in [4.78, 5) is 4.41. The molecule has 3 heteroatoms. The number of rotatable bonds is 6. The van der Waals surface area contributed by atoms with Crippen molar-refractivity contribution in [1.82, 2.24) is 4.98 Å². The molecule has 3 nitrogen and oxygen atoms in total. The molecule has 92 valence electrons. The van der Waals surface area contributed by atoms with E-state index in [0.29, 0.717) is 11.6 Å². The lowest BCUT2D eigenvalue weighted by molar-refractivity contribution is 0.396. The van der Waals surface area contributed by atoms with Gasteiger partial charge in [0.25, 0.3) is 0 Å². The maximum atomic E-state index is 8.91. The number of ether oxygens (including phenoxy) is 1. The largest absolute Gasteiger partial charge is 0.495 e. The molecule has 0 atom stereocenters. The normalized spacial score (nSPS) is 10.3. The quantitative estimate of drug-likeness (QED) is 0.752. The highest BCUT2D eigenvalue weighted by atomic mass is 16.5. The summed E-state index contributed by atoms with van der Waals surface area (Å²) in [6.07, 6.45) is 4.41. The van der Waals surface area contributed by atoms with Crippen LogP contribution in [0, 0.1) is 11.3 Å². The van der Waals surface area contributed by atoms with Crippen LogP contribution < -0.4 is 4.74 Å². The van der Waals surface area contributed by atoms with Crippen LogP contribution >= 0.6 is 0 Å². The van der Waals surface area contributed by atoms with Gasteiger partial charge >= 0.3 is 0 Å². The summed E-state index contributed by atoms with van der Waals surface area (Å²) < 4.78 is 5.35. The van der Waals surface area contributed by atoms with Crippen LogP contribution in [-0.4, -0.2) is 12.1 Å². The van der Waals surface area contributed by atoms with Crippen molar-refractivity contribution in [2.75, 3.05) is 7.11 Å². The van der Waals surface area contributed by atoms with Gasteiger partial charge in [-0.25, -0.2) is 4.98 Å². The molecule has 1 aromatic heterocycles. The maximum absolute atomic E-state index is 8.91. The molecule has 0 unspecified atom stereocenters. The number of hydrogen-bond acceptors (Lipinski definition) is 3. The van der Waals surface area contributed by atoms with Gasteiger partial charge in [0.05, 0.1) is 12.8 Å². The molecule has 1 heterocycles. The molecule has 0 spiro atoms. The lowest BCUT2D eigenvalue weighted by Gasteiger charge is -2.17. The van der Waals surface area contributed by atoms with Gasteiger partial charge in [-0.05, 0) is 25.0 Å². The first-order valence-corrected chi connectivity index (χ1v) is 6.21. The van der Waals surface area contributed by atoms with Crippen LogP contribution in [0.25, 0.3) is 0 Å². The number of pyridine rings is 1. The third-order valence-electron chi connectivity index (χ3n) is 2.88. The Hall–Kier alpha value is -1.56. The zero-order valence-corrected chi connectivity index (χ0v) is 10.9. The van der Waals surface area contributed by atoms with E-state index in [2.05, 4.69) is 24.9 Å². The van der Waals surface area contributed by atoms with Crippen molar-refractivity contribution >= 4 is 0 Å². The highest BCUT2D eigenvalue weighted by Gasteiger charge is 2.17. The molecular formula is C14H20N2O. The molecule has 1 aromatic rings. The second kappa shape index (κ2) is 6.90. The smallest absolute Gasteiger partial charge is 0.141 e. The van der Waals surface area contributed by atoms with E-state index in [1.54, 1.807) is 13.2 Å². The highest BCUT2D eigenvalue weighted by Crippen LogP contribution is 2.31. The molecule has 0 aromatic carbocycles. The standard InChI is InChI=1S/C14H20N2O/c1-4-6-11(7-5-2)14-13(17-3)9-8-12(10-15)16-14/h8-9,11H,4-7H2,1-3H3. The highest BCUT2D eigenvalue weighted by molar-refractivity contribution is 5.35. The van der Waals surface area contributed by atoms with Gasteiger partial charge in [0.2, 0.25) is 0 Å². The van der Waals surface area contributed by atoms with E-state index < -0.39 is 0 Å². The number of nitriles is 1. The molecule has 0 aliphatic rings. The van der Waals surface area contributed by atoms with Gasteiger partial charge in [-0.3, -0.25) is 0 Å². The van der Waals surface area contributed by atoms with Crippen molar-refractivity contribution in [3.8, 4) is 11.8 Å². The van der Waals surface area contributed by atoms with E-state index >= 15 is 0 Å². The molecule has 0 aliphatic carbocycles. The minimum atomic E-state index is 0.397. The van der Waals surface area contributed by atoms with Crippen molar-refractivity contribution in [1.29, 1.82) is 5.26 Å². The summed E-state index contributed by atoms with van der Waals surface area (Å²) in [6.45, 7) is 4.34. The number of hydrogen-bond donors (Lipinski definition) is 0. The third-order valence-corrected chi connectivity index (χ3v) is 2.88. The Balaban J connectivity index is 3.09. The summed E-state index contributed by atoms with van der Waals surface area (Å²) >= 11 is 0. The topological polar surface area (TPSA) is 45.9 Å². The van der Waals surface area contributed by atoms with E-state index in [4.69, 9.17) is 10.00 Å². The molecule has 1 rings (SSSR count). The monoisotopic (exact) mass is 232 g/mol. The Labute approximate surface area is 103 Å². The molecule has 0 aliphatic heterocycles. The molecule has 17 heavy (non-hydrogen) atoms. The van der Waals surface area contributed by atoms with Gasteiger partial charge in [-0.15, -0.1) is 0 Å². The lowest BCUT2D eigenvalue weighted by Crippen LogP contribution is -2.05. The molecule has 0 fully saturated rings. The van der Waals surface area contributed by atoms with E-state index in [-0.39, 0.29) is 0 Å². The zero-order valence-electron chi connectivity index (χ0n) is 10.9. The van der Waals surface area contributed by atoms with Gasteiger partial charge in [0.15, 0.2) is 0 Å². The fraction of sp³-hybridized carbons (Fsp3) is 0.571. The van der Waals surface area contributed by atoms with Crippen molar-refractivity contribution in [3.63, 3.8) is 0 Å². The van der Waals surface area contributed by atoms with Crippen LogP contribution in [-0.2, 0) is 0 Å². The average molecular weight is 232 g/mol. The second-order valence-corrected chi connectivity index (χ2v) is 4.17. The predicted octanol–water partition coefficient (Wildman–Crippen LogP) is 3.65. The Kier molecular flexibility index (Phi) is 5.48. The predicted molar refractivity (Wildman–Crippen MR) is 68.1 cm³/mol. The third kappa shape index (κ3) is 3.45. The zero-order chi connectivity index (χ0) is 12.7. The molecule has 0 bridgehead atoms. The van der Waals surface area contributed by atoms with Gasteiger partial charge in [-0.2, -0.15) is 5.26 Å². The second-order valence-electron chi connectivity index (χ2n) is 4.17. The Bertz CT molecular complexity index is 390. The first-order valence-electron chi connectivity index (χ1n) is 6.21. The van der Waals surface area contributed by atoms with Crippen LogP contribution in [0.2, 0.25) is 0 Å². The SMILES string of the molecule is CCCC(CCC)c1nc(C#N)ccc1OC. The van der Waals surface area contributed by atoms with Crippen LogP contribution in [0.5, 0.6) is 5.75 Å². The Morgan fingerprint density at radius 1 is 1.29 bits per heavy atom. The Morgan fingerprint density at radius 2 is 1.94 bits per heavy atom. The number of nitrogens with zero attached hydrogens (tertiary/aromatic N) is 2. The number of methoxy groups -OCH3 is 1. The minimum absolute atomic E-state index is 0.397. The summed E-state index contributed by atoms with van der Waals surface area (Å²) in [5.74, 6) is 1.20. The van der Waals surface area contributed by atoms with Gasteiger partial charge in [-0.1, -0.05) is 26.7 Å². The maximum Gasteiger partial charge on any atom is 0.141 e. The Morgan fingerprint density at radius 3 is 2.41 bits per heavy atom. The first kappa shape index (κ1) is 13.5. The minimum Gasteiger partial charge on any atom is -0.495 e. The van der Waals surface area contributed by atoms with Crippen LogP contribution in [0.3, 0.4) is 0 Å². The molecule has 0 saturated heterocycles. The summed E-state index contributed by atoms with van der Waals surface area (Å²) in [7, 11) is 1.65. The van der Waals surface area contributed by atoms with Crippen molar-refractivity contribution in [3.05, 3.63) is 23.5 Å². The first-order chi connectivity index (χ1) is 8.26. The molecular weight excluding hydrogens is 212 g/mol. The molecule has 0 saturated carbocycles. The van der Waals surface area contributed by atoms with Crippen LogP contribution in [0.1, 0.15) is 56.8 Å². The lowest BCUT2D eigenvalue weighted by atomic mass is 9.93. The van der Waals surface area contributed by atoms with Crippen LogP contribution in [0.4, 0.5) is 0 Å². The van der Waals surface area contributed by atoms with Crippen LogP contribution in [0.15, 0.2) is 12.1 Å². The summed E-state index contributed by atoms with van der Waals surface area (Å²) in [5, 5.41) is 8.91. The van der Waals surface area contributed by atoms with Gasteiger partial charge in [0.1, 0.15) is 17.5 Å². The molecule has 0 radical (unpaired) electrons. The fourth-order valence-electron chi connectivity index (χ4n) is 2.10. The van der Waals surface area contributed by atoms with E-state index in [0.717, 1.165) is 37.1 Å². The van der Waals surface area contributed by atoms with Gasteiger partial charge in [0, 0.05) is 5.92 Å². The molecule has 0 amide bonds. The fourth-order valence-corrected chi connectivity index (χ4v) is 2.10. The van der Waals surface area contributed by atoms with E-state index in [1.165, 1.54) is 0 Å². The summed E-state index contributed by atoms with van der Waals surface area (Å²) in [5.41, 5.74) is 1.41. The van der Waals surface area contributed by atoms with Crippen molar-refractivity contribution in [2.24, 2.45) is 0 Å². The van der Waals surface area contributed by atoms with Gasteiger partial charge < -0.3 is 4.74 Å². The van der Waals surface area contributed by atoms with Crippen molar-refractivity contribution < 1.29 is 4.74 Å². The molecule has 0 N–H and O–H groups in total. The number of aromatic nitrogens is 1. The summed E-state index contributed by atoms with van der Waals surface area (Å²) in [6, 6.07) is 5.64. The van der Waals surface area contributed by atoms with E-state index in [9.17, 15) is 0 Å². The van der Waals surface area contributed by atoms with E-state index in [1.807, 2.05) is 6.07 Å². The average Bonchev–Trinajstić information content (AvgIpc) is 2.37. The van der Waals surface area contributed by atoms with Crippen molar-refractivity contribution in [2.45, 2.75) is 45.4 Å².